The second-order valence-electron chi connectivity index (χ2n) is 5.86. The summed E-state index contributed by atoms with van der Waals surface area (Å²) >= 11 is 0. The monoisotopic (exact) mass is 371 g/mol. The summed E-state index contributed by atoms with van der Waals surface area (Å²) in [4.78, 5) is 0.174. The van der Waals surface area contributed by atoms with Crippen LogP contribution in [0.15, 0.2) is 65.8 Å². The van der Waals surface area contributed by atoms with Gasteiger partial charge in [0.1, 0.15) is 5.75 Å². The van der Waals surface area contributed by atoms with Crippen LogP contribution in [0.5, 0.6) is 5.75 Å². The third kappa shape index (κ3) is 4.23. The summed E-state index contributed by atoms with van der Waals surface area (Å²) < 4.78 is 34.6. The van der Waals surface area contributed by atoms with Crippen molar-refractivity contribution in [2.24, 2.45) is 0 Å². The lowest BCUT2D eigenvalue weighted by Gasteiger charge is -2.08. The van der Waals surface area contributed by atoms with E-state index in [2.05, 4.69) is 9.82 Å². The third-order valence-corrected chi connectivity index (χ3v) is 5.32. The van der Waals surface area contributed by atoms with E-state index in [1.165, 1.54) is 23.9 Å². The molecule has 0 radical (unpaired) electrons. The second-order valence-corrected chi connectivity index (χ2v) is 7.55. The maximum atomic E-state index is 12.5. The SMILES string of the molecule is CCOc1ccc(S(=O)(=O)Nc2cnn(Cc3ccccc3C)c2)cc1. The number of sulfonamides is 1. The first-order valence-corrected chi connectivity index (χ1v) is 9.79. The van der Waals surface area contributed by atoms with Crippen LogP contribution in [0.2, 0.25) is 0 Å². The molecule has 1 heterocycles. The molecular formula is C19H21N3O3S. The van der Waals surface area contributed by atoms with E-state index in [1.807, 2.05) is 38.1 Å². The molecule has 7 heteroatoms. The van der Waals surface area contributed by atoms with Crippen LogP contribution in [0.25, 0.3) is 0 Å². The lowest BCUT2D eigenvalue weighted by atomic mass is 10.1. The molecule has 0 atom stereocenters. The van der Waals surface area contributed by atoms with Crippen LogP contribution in [0.3, 0.4) is 0 Å². The summed E-state index contributed by atoms with van der Waals surface area (Å²) in [6.07, 6.45) is 3.18. The maximum Gasteiger partial charge on any atom is 0.261 e. The number of rotatable bonds is 7. The van der Waals surface area contributed by atoms with Crippen LogP contribution < -0.4 is 9.46 Å². The predicted octanol–water partition coefficient (Wildman–Crippen LogP) is 3.44. The summed E-state index contributed by atoms with van der Waals surface area (Å²) in [7, 11) is -3.67. The van der Waals surface area contributed by atoms with Gasteiger partial charge in [0.25, 0.3) is 10.0 Å². The van der Waals surface area contributed by atoms with Crippen LogP contribution in [0, 0.1) is 6.92 Å². The van der Waals surface area contributed by atoms with E-state index in [1.54, 1.807) is 23.0 Å². The lowest BCUT2D eigenvalue weighted by molar-refractivity contribution is 0.340. The Bertz CT molecular complexity index is 979. The molecule has 0 aliphatic rings. The Balaban J connectivity index is 1.72. The molecule has 0 unspecified atom stereocenters. The minimum absolute atomic E-state index is 0.174. The Hall–Kier alpha value is -2.80. The first-order chi connectivity index (χ1) is 12.5. The fourth-order valence-electron chi connectivity index (χ4n) is 2.56. The van der Waals surface area contributed by atoms with Gasteiger partial charge < -0.3 is 4.74 Å². The van der Waals surface area contributed by atoms with Gasteiger partial charge in [-0.05, 0) is 49.2 Å². The standard InChI is InChI=1S/C19H21N3O3S/c1-3-25-18-8-10-19(11-9-18)26(23,24)21-17-12-20-22(14-17)13-16-7-5-4-6-15(16)2/h4-12,14,21H,3,13H2,1-2H3. The Morgan fingerprint density at radius 1 is 1.12 bits per heavy atom. The molecule has 0 fully saturated rings. The molecule has 26 heavy (non-hydrogen) atoms. The zero-order valence-corrected chi connectivity index (χ0v) is 15.5. The van der Waals surface area contributed by atoms with Crippen molar-refractivity contribution in [3.05, 3.63) is 72.1 Å². The fourth-order valence-corrected chi connectivity index (χ4v) is 3.59. The van der Waals surface area contributed by atoms with E-state index in [9.17, 15) is 8.42 Å². The number of nitrogens with zero attached hydrogens (tertiary/aromatic N) is 2. The van der Waals surface area contributed by atoms with Gasteiger partial charge in [-0.2, -0.15) is 5.10 Å². The van der Waals surface area contributed by atoms with Crippen molar-refractivity contribution >= 4 is 15.7 Å². The van der Waals surface area contributed by atoms with Crippen molar-refractivity contribution in [3.63, 3.8) is 0 Å². The van der Waals surface area contributed by atoms with Gasteiger partial charge in [-0.15, -0.1) is 0 Å². The number of ether oxygens (including phenoxy) is 1. The van der Waals surface area contributed by atoms with Gasteiger partial charge in [0, 0.05) is 6.20 Å². The molecule has 0 saturated carbocycles. The van der Waals surface area contributed by atoms with Gasteiger partial charge in [-0.1, -0.05) is 24.3 Å². The number of anilines is 1. The molecule has 0 amide bonds. The molecule has 1 aromatic heterocycles. The largest absolute Gasteiger partial charge is 0.494 e. The van der Waals surface area contributed by atoms with Crippen molar-refractivity contribution in [2.45, 2.75) is 25.3 Å². The summed E-state index contributed by atoms with van der Waals surface area (Å²) in [6, 6.07) is 14.3. The number of hydrogen-bond donors (Lipinski definition) is 1. The third-order valence-electron chi connectivity index (χ3n) is 3.92. The van der Waals surface area contributed by atoms with Gasteiger partial charge in [0.05, 0.1) is 29.9 Å². The average molecular weight is 371 g/mol. The van der Waals surface area contributed by atoms with Gasteiger partial charge in [0.15, 0.2) is 0 Å². The van der Waals surface area contributed by atoms with Crippen LogP contribution in [-0.2, 0) is 16.6 Å². The van der Waals surface area contributed by atoms with E-state index in [0.29, 0.717) is 24.6 Å². The van der Waals surface area contributed by atoms with Gasteiger partial charge in [0.2, 0.25) is 0 Å². The molecule has 1 N–H and O–H groups in total. The van der Waals surface area contributed by atoms with Crippen molar-refractivity contribution in [3.8, 4) is 5.75 Å². The molecule has 0 aliphatic carbocycles. The normalized spacial score (nSPS) is 11.3. The van der Waals surface area contributed by atoms with Crippen LogP contribution in [-0.4, -0.2) is 24.8 Å². The van der Waals surface area contributed by atoms with E-state index >= 15 is 0 Å². The van der Waals surface area contributed by atoms with Crippen molar-refractivity contribution < 1.29 is 13.2 Å². The van der Waals surface area contributed by atoms with Crippen molar-refractivity contribution in [2.75, 3.05) is 11.3 Å². The number of benzene rings is 2. The molecule has 3 aromatic rings. The quantitative estimate of drug-likeness (QED) is 0.690. The number of nitrogens with one attached hydrogen (secondary N) is 1. The molecule has 0 bridgehead atoms. The minimum Gasteiger partial charge on any atom is -0.494 e. The topological polar surface area (TPSA) is 73.2 Å². The molecule has 0 aliphatic heterocycles. The lowest BCUT2D eigenvalue weighted by Crippen LogP contribution is -2.12. The van der Waals surface area contributed by atoms with Crippen LogP contribution in [0.1, 0.15) is 18.1 Å². The zero-order valence-electron chi connectivity index (χ0n) is 14.7. The summed E-state index contributed by atoms with van der Waals surface area (Å²) in [6.45, 7) is 5.02. The fraction of sp³-hybridized carbons (Fsp3) is 0.211. The van der Waals surface area contributed by atoms with Gasteiger partial charge in [-0.3, -0.25) is 9.40 Å². The highest BCUT2D eigenvalue weighted by atomic mass is 32.2. The summed E-state index contributed by atoms with van der Waals surface area (Å²) in [5, 5.41) is 4.24. The first kappa shape index (κ1) is 18.0. The van der Waals surface area contributed by atoms with Crippen molar-refractivity contribution in [1.29, 1.82) is 0 Å². The Morgan fingerprint density at radius 2 is 1.85 bits per heavy atom. The van der Waals surface area contributed by atoms with Gasteiger partial charge in [-0.25, -0.2) is 8.42 Å². The average Bonchev–Trinajstić information content (AvgIpc) is 3.04. The molecule has 6 nitrogen and oxygen atoms in total. The van der Waals surface area contributed by atoms with Crippen molar-refractivity contribution in [1.82, 2.24) is 9.78 Å². The highest BCUT2D eigenvalue weighted by molar-refractivity contribution is 7.92. The Labute approximate surface area is 153 Å². The Kier molecular flexibility index (Phi) is 5.27. The van der Waals surface area contributed by atoms with E-state index in [-0.39, 0.29) is 4.90 Å². The number of aromatic nitrogens is 2. The molecular weight excluding hydrogens is 350 g/mol. The smallest absolute Gasteiger partial charge is 0.261 e. The molecule has 0 saturated heterocycles. The molecule has 3 rings (SSSR count). The van der Waals surface area contributed by atoms with Crippen LogP contribution >= 0.6 is 0 Å². The van der Waals surface area contributed by atoms with Gasteiger partial charge >= 0.3 is 0 Å². The minimum atomic E-state index is -3.67. The highest BCUT2D eigenvalue weighted by Gasteiger charge is 2.15. The number of hydrogen-bond acceptors (Lipinski definition) is 4. The summed E-state index contributed by atoms with van der Waals surface area (Å²) in [5.74, 6) is 0.637. The van der Waals surface area contributed by atoms with E-state index < -0.39 is 10.0 Å². The first-order valence-electron chi connectivity index (χ1n) is 8.30. The summed E-state index contributed by atoms with van der Waals surface area (Å²) in [5.41, 5.74) is 2.73. The maximum absolute atomic E-state index is 12.5. The molecule has 136 valence electrons. The van der Waals surface area contributed by atoms with E-state index in [0.717, 1.165) is 5.56 Å². The molecule has 0 spiro atoms. The predicted molar refractivity (Wildman–Crippen MR) is 101 cm³/mol. The van der Waals surface area contributed by atoms with E-state index in [4.69, 9.17) is 4.74 Å². The highest BCUT2D eigenvalue weighted by Crippen LogP contribution is 2.19. The molecule has 2 aromatic carbocycles. The Morgan fingerprint density at radius 3 is 2.54 bits per heavy atom. The number of aryl methyl sites for hydroxylation is 1. The second kappa shape index (κ2) is 7.61. The van der Waals surface area contributed by atoms with Crippen LogP contribution in [0.4, 0.5) is 5.69 Å². The zero-order chi connectivity index (χ0) is 18.6.